The van der Waals surface area contributed by atoms with Crippen LogP contribution in [0.3, 0.4) is 0 Å². The Morgan fingerprint density at radius 3 is 2.28 bits per heavy atom. The van der Waals surface area contributed by atoms with Crippen LogP contribution in [0.15, 0.2) is 17.0 Å². The van der Waals surface area contributed by atoms with Crippen LogP contribution in [0.5, 0.6) is 0 Å². The van der Waals surface area contributed by atoms with E-state index in [1.807, 2.05) is 0 Å². The number of alkyl halides is 3. The minimum Gasteiger partial charge on any atom is -0.326 e. The average molecular weight is 299 g/mol. The van der Waals surface area contributed by atoms with E-state index in [1.54, 1.807) is 0 Å². The molecule has 0 spiro atoms. The van der Waals surface area contributed by atoms with E-state index in [4.69, 9.17) is 21.7 Å². The molecule has 0 amide bonds. The van der Waals surface area contributed by atoms with E-state index in [-0.39, 0.29) is 0 Å². The predicted molar refractivity (Wildman–Crippen MR) is 57.1 cm³/mol. The van der Waals surface area contributed by atoms with Gasteiger partial charge in [-0.3, -0.25) is 0 Å². The number of nitriles is 1. The lowest BCUT2D eigenvalue weighted by Gasteiger charge is -2.14. The normalized spacial score (nSPS) is 12.2. The second kappa shape index (κ2) is 4.76. The molecule has 9 heteroatoms. The van der Waals surface area contributed by atoms with Crippen LogP contribution in [0.4, 0.5) is 13.2 Å². The fraction of sp³-hybridized carbons (Fsp3) is 0.222. The number of nitrogens with two attached hydrogens (primary N) is 1. The van der Waals surface area contributed by atoms with Gasteiger partial charge in [-0.25, -0.2) is 8.42 Å². The zero-order chi connectivity index (χ0) is 14.1. The number of halogens is 4. The molecule has 0 fully saturated rings. The molecule has 1 rings (SSSR count). The molecule has 98 valence electrons. The van der Waals surface area contributed by atoms with Crippen LogP contribution >= 0.6 is 10.7 Å². The van der Waals surface area contributed by atoms with Crippen molar-refractivity contribution in [2.45, 2.75) is 17.6 Å². The van der Waals surface area contributed by atoms with Gasteiger partial charge in [-0.15, -0.1) is 0 Å². The van der Waals surface area contributed by atoms with Crippen molar-refractivity contribution in [1.29, 1.82) is 5.26 Å². The first-order chi connectivity index (χ1) is 8.11. The largest absolute Gasteiger partial charge is 0.416 e. The summed E-state index contributed by atoms with van der Waals surface area (Å²) in [5.74, 6) is 0. The summed E-state index contributed by atoms with van der Waals surface area (Å²) in [5, 5.41) is 8.72. The van der Waals surface area contributed by atoms with Gasteiger partial charge in [0.1, 0.15) is 0 Å². The van der Waals surface area contributed by atoms with Crippen LogP contribution in [0.1, 0.15) is 16.7 Å². The Kier molecular flexibility index (Phi) is 3.90. The first-order valence-electron chi connectivity index (χ1n) is 4.40. The van der Waals surface area contributed by atoms with Crippen molar-refractivity contribution in [1.82, 2.24) is 0 Å². The van der Waals surface area contributed by atoms with Crippen molar-refractivity contribution in [3.63, 3.8) is 0 Å². The number of hydrogen-bond donors (Lipinski definition) is 1. The lowest BCUT2D eigenvalue weighted by Crippen LogP contribution is -2.15. The van der Waals surface area contributed by atoms with E-state index in [9.17, 15) is 21.6 Å². The summed E-state index contributed by atoms with van der Waals surface area (Å²) in [7, 11) is 0.606. The highest BCUT2D eigenvalue weighted by Crippen LogP contribution is 2.35. The summed E-state index contributed by atoms with van der Waals surface area (Å²) in [6, 6.07) is 2.60. The van der Waals surface area contributed by atoms with Gasteiger partial charge in [-0.05, 0) is 17.7 Å². The molecule has 1 aromatic carbocycles. The number of hydrogen-bond acceptors (Lipinski definition) is 4. The highest BCUT2D eigenvalue weighted by Gasteiger charge is 2.35. The maximum absolute atomic E-state index is 12.7. The van der Waals surface area contributed by atoms with E-state index in [0.717, 1.165) is 6.07 Å². The van der Waals surface area contributed by atoms with E-state index >= 15 is 0 Å². The minimum absolute atomic E-state index is 0.366. The van der Waals surface area contributed by atoms with E-state index in [0.29, 0.717) is 6.07 Å². The summed E-state index contributed by atoms with van der Waals surface area (Å²) in [6.07, 6.45) is -4.82. The molecule has 18 heavy (non-hydrogen) atoms. The molecule has 0 aliphatic heterocycles. The zero-order valence-corrected chi connectivity index (χ0v) is 10.2. The standard InChI is InChI=1S/C9H6ClF3N2O2S/c10-18(16,17)6-1-5(3-14)7(4-15)8(2-6)9(11,12)13/h1-2H,4,15H2. The van der Waals surface area contributed by atoms with Gasteiger partial charge in [0.15, 0.2) is 0 Å². The number of benzene rings is 1. The van der Waals surface area contributed by atoms with Crippen LogP contribution in [0.25, 0.3) is 0 Å². The molecule has 0 aliphatic rings. The zero-order valence-electron chi connectivity index (χ0n) is 8.62. The monoisotopic (exact) mass is 298 g/mol. The molecule has 0 aliphatic carbocycles. The van der Waals surface area contributed by atoms with Gasteiger partial charge in [-0.2, -0.15) is 18.4 Å². The van der Waals surface area contributed by atoms with Gasteiger partial charge in [0.25, 0.3) is 9.05 Å². The van der Waals surface area contributed by atoms with Crippen molar-refractivity contribution >= 4 is 19.7 Å². The SMILES string of the molecule is N#Cc1cc(S(=O)(=O)Cl)cc(C(F)(F)F)c1CN. The number of rotatable bonds is 2. The molecule has 0 radical (unpaired) electrons. The molecule has 0 saturated carbocycles. The maximum atomic E-state index is 12.7. The number of nitrogens with zero attached hydrogens (tertiary/aromatic N) is 1. The molecule has 4 nitrogen and oxygen atoms in total. The van der Waals surface area contributed by atoms with Crippen molar-refractivity contribution in [3.8, 4) is 6.07 Å². The first kappa shape index (κ1) is 14.8. The van der Waals surface area contributed by atoms with Gasteiger partial charge >= 0.3 is 6.18 Å². The molecule has 2 N–H and O–H groups in total. The van der Waals surface area contributed by atoms with E-state index < -0.39 is 43.4 Å². The second-order valence-electron chi connectivity index (χ2n) is 3.25. The molecule has 0 heterocycles. The fourth-order valence-corrected chi connectivity index (χ4v) is 2.14. The third-order valence-electron chi connectivity index (χ3n) is 2.13. The van der Waals surface area contributed by atoms with Gasteiger partial charge in [0.2, 0.25) is 0 Å². The molecule has 0 unspecified atom stereocenters. The Balaban J connectivity index is 3.74. The Hall–Kier alpha value is -1.30. The van der Waals surface area contributed by atoms with Gasteiger partial charge in [0, 0.05) is 17.2 Å². The summed E-state index contributed by atoms with van der Waals surface area (Å²) in [4.78, 5) is -0.787. The third kappa shape index (κ3) is 2.93. The highest BCUT2D eigenvalue weighted by molar-refractivity contribution is 8.13. The predicted octanol–water partition coefficient (Wildman–Crippen LogP) is 1.96. The molecular formula is C9H6ClF3N2O2S. The van der Waals surface area contributed by atoms with Gasteiger partial charge < -0.3 is 5.73 Å². The van der Waals surface area contributed by atoms with Crippen LogP contribution in [0, 0.1) is 11.3 Å². The quantitative estimate of drug-likeness (QED) is 0.846. The van der Waals surface area contributed by atoms with Crippen LogP contribution in [-0.4, -0.2) is 8.42 Å². The summed E-state index contributed by atoms with van der Waals surface area (Å²) in [5.41, 5.74) is 2.94. The lowest BCUT2D eigenvalue weighted by molar-refractivity contribution is -0.138. The van der Waals surface area contributed by atoms with Gasteiger partial charge in [0.05, 0.1) is 22.1 Å². The highest BCUT2D eigenvalue weighted by atomic mass is 35.7. The minimum atomic E-state index is -4.82. The lowest BCUT2D eigenvalue weighted by atomic mass is 10.0. The van der Waals surface area contributed by atoms with Crippen molar-refractivity contribution in [2.75, 3.05) is 0 Å². The fourth-order valence-electron chi connectivity index (χ4n) is 1.36. The molecule has 0 aromatic heterocycles. The van der Waals surface area contributed by atoms with Gasteiger partial charge in [-0.1, -0.05) is 0 Å². The Labute approximate surface area is 105 Å². The summed E-state index contributed by atoms with van der Waals surface area (Å²) in [6.45, 7) is -0.541. The van der Waals surface area contributed by atoms with Crippen molar-refractivity contribution < 1.29 is 21.6 Å². The summed E-state index contributed by atoms with van der Waals surface area (Å²) < 4.78 is 60.2. The molecule has 0 atom stereocenters. The molecule has 1 aromatic rings. The van der Waals surface area contributed by atoms with Crippen molar-refractivity contribution in [2.24, 2.45) is 5.73 Å². The molecule has 0 saturated heterocycles. The Bertz CT molecular complexity index is 620. The Morgan fingerprint density at radius 1 is 1.39 bits per heavy atom. The van der Waals surface area contributed by atoms with Crippen LogP contribution in [-0.2, 0) is 21.8 Å². The summed E-state index contributed by atoms with van der Waals surface area (Å²) >= 11 is 0. The third-order valence-corrected chi connectivity index (χ3v) is 3.47. The van der Waals surface area contributed by atoms with E-state index in [1.165, 1.54) is 6.07 Å². The second-order valence-corrected chi connectivity index (χ2v) is 5.81. The Morgan fingerprint density at radius 2 is 1.94 bits per heavy atom. The maximum Gasteiger partial charge on any atom is 0.416 e. The average Bonchev–Trinajstić information content (AvgIpc) is 2.24. The smallest absolute Gasteiger partial charge is 0.326 e. The van der Waals surface area contributed by atoms with Crippen LogP contribution in [0.2, 0.25) is 0 Å². The van der Waals surface area contributed by atoms with E-state index in [2.05, 4.69) is 0 Å². The molecular weight excluding hydrogens is 293 g/mol. The van der Waals surface area contributed by atoms with Crippen LogP contribution < -0.4 is 5.73 Å². The van der Waals surface area contributed by atoms with Crippen molar-refractivity contribution in [3.05, 3.63) is 28.8 Å². The topological polar surface area (TPSA) is 84.0 Å². The first-order valence-corrected chi connectivity index (χ1v) is 6.71. The molecule has 0 bridgehead atoms.